The lowest BCUT2D eigenvalue weighted by Crippen LogP contribution is -2.24. The molecule has 148 valence electrons. The Morgan fingerprint density at radius 3 is 2.28 bits per heavy atom. The highest BCUT2D eigenvalue weighted by molar-refractivity contribution is 6.00. The summed E-state index contributed by atoms with van der Waals surface area (Å²) < 4.78 is 6.77. The van der Waals surface area contributed by atoms with E-state index in [0.29, 0.717) is 16.9 Å². The molecule has 3 aromatic rings. The van der Waals surface area contributed by atoms with Crippen LogP contribution in [0.3, 0.4) is 0 Å². The molecule has 2 amide bonds. The molecule has 0 fully saturated rings. The van der Waals surface area contributed by atoms with Gasteiger partial charge in [-0.25, -0.2) is 5.43 Å². The van der Waals surface area contributed by atoms with Crippen molar-refractivity contribution in [2.45, 2.75) is 13.8 Å². The summed E-state index contributed by atoms with van der Waals surface area (Å²) >= 11 is 0. The van der Waals surface area contributed by atoms with E-state index < -0.39 is 0 Å². The van der Waals surface area contributed by atoms with Gasteiger partial charge in [-0.15, -0.1) is 0 Å². The lowest BCUT2D eigenvalue weighted by Gasteiger charge is -2.11. The van der Waals surface area contributed by atoms with Gasteiger partial charge in [0, 0.05) is 28.1 Å². The van der Waals surface area contributed by atoms with E-state index in [2.05, 4.69) is 16.0 Å². The third kappa shape index (κ3) is 4.70. The third-order valence-corrected chi connectivity index (χ3v) is 4.44. The molecule has 1 aromatic heterocycles. The molecule has 0 spiro atoms. The average molecular weight is 390 g/mol. The van der Waals surface area contributed by atoms with E-state index in [1.165, 1.54) is 0 Å². The lowest BCUT2D eigenvalue weighted by molar-refractivity contribution is 0.0954. The minimum Gasteiger partial charge on any atom is -0.497 e. The Kier molecular flexibility index (Phi) is 6.09. The molecule has 2 aromatic carbocycles. The molecule has 0 bridgehead atoms. The maximum Gasteiger partial charge on any atom is 0.271 e. The number of nitrogens with one attached hydrogen (secondary N) is 2. The summed E-state index contributed by atoms with van der Waals surface area (Å²) in [6.45, 7) is 3.75. The van der Waals surface area contributed by atoms with Crippen LogP contribution < -0.4 is 15.6 Å². The number of aryl methyl sites for hydroxylation is 1. The van der Waals surface area contributed by atoms with Crippen LogP contribution in [0.25, 0.3) is 0 Å². The van der Waals surface area contributed by atoms with E-state index in [9.17, 15) is 9.59 Å². The number of hydrazone groups is 1. The molecule has 0 radical (unpaired) electrons. The normalized spacial score (nSPS) is 10.7. The highest BCUT2D eigenvalue weighted by Crippen LogP contribution is 2.13. The number of benzene rings is 2. The van der Waals surface area contributed by atoms with Gasteiger partial charge in [-0.05, 0) is 56.3 Å². The van der Waals surface area contributed by atoms with Crippen molar-refractivity contribution in [2.24, 2.45) is 5.10 Å². The third-order valence-electron chi connectivity index (χ3n) is 4.44. The average Bonchev–Trinajstić information content (AvgIpc) is 3.01. The summed E-state index contributed by atoms with van der Waals surface area (Å²) in [5.41, 5.74) is 8.84. The predicted octanol–water partition coefficient (Wildman–Crippen LogP) is 3.26. The highest BCUT2D eigenvalue weighted by atomic mass is 16.5. The molecule has 0 unspecified atom stereocenters. The van der Waals surface area contributed by atoms with Crippen molar-refractivity contribution in [1.82, 2.24) is 10.1 Å². The molecule has 7 nitrogen and oxygen atoms in total. The molecule has 0 aliphatic carbocycles. The van der Waals surface area contributed by atoms with Gasteiger partial charge in [-0.1, -0.05) is 18.2 Å². The van der Waals surface area contributed by atoms with Crippen molar-refractivity contribution >= 4 is 18.0 Å². The molecule has 7 heteroatoms. The minimum absolute atomic E-state index is 0.205. The van der Waals surface area contributed by atoms with Crippen molar-refractivity contribution in [3.8, 4) is 5.75 Å². The second kappa shape index (κ2) is 8.88. The molecule has 0 aliphatic heterocycles. The van der Waals surface area contributed by atoms with Crippen molar-refractivity contribution in [3.05, 3.63) is 88.7 Å². The number of hydrogen-bond acceptors (Lipinski definition) is 4. The molecule has 0 saturated carbocycles. The Bertz CT molecular complexity index is 1040. The van der Waals surface area contributed by atoms with E-state index in [0.717, 1.165) is 17.0 Å². The summed E-state index contributed by atoms with van der Waals surface area (Å²) in [5, 5.41) is 4.03. The predicted molar refractivity (Wildman–Crippen MR) is 112 cm³/mol. The number of rotatable bonds is 6. The molecule has 29 heavy (non-hydrogen) atoms. The second-order valence-corrected chi connectivity index (χ2v) is 6.40. The first-order chi connectivity index (χ1) is 14.0. The number of ether oxygens (including phenoxy) is 1. The number of methoxy groups -OCH3 is 1. The fourth-order valence-electron chi connectivity index (χ4n) is 2.81. The Morgan fingerprint density at radius 2 is 1.62 bits per heavy atom. The van der Waals surface area contributed by atoms with Gasteiger partial charge in [0.25, 0.3) is 11.8 Å². The number of aromatic nitrogens is 1. The maximum absolute atomic E-state index is 12.4. The van der Waals surface area contributed by atoms with Crippen molar-refractivity contribution in [1.29, 1.82) is 0 Å². The van der Waals surface area contributed by atoms with E-state index in [1.807, 2.05) is 38.1 Å². The topological polar surface area (TPSA) is 84.7 Å². The zero-order valence-corrected chi connectivity index (χ0v) is 16.5. The Morgan fingerprint density at radius 1 is 0.966 bits per heavy atom. The molecular formula is C22H22N4O3. The van der Waals surface area contributed by atoms with Crippen molar-refractivity contribution in [2.75, 3.05) is 12.5 Å². The Balaban J connectivity index is 1.67. The van der Waals surface area contributed by atoms with Gasteiger partial charge in [0.15, 0.2) is 0 Å². The van der Waals surface area contributed by atoms with Crippen LogP contribution in [0.15, 0.2) is 65.8 Å². The van der Waals surface area contributed by atoms with E-state index >= 15 is 0 Å². The first kappa shape index (κ1) is 19.9. The summed E-state index contributed by atoms with van der Waals surface area (Å²) in [6.07, 6.45) is 1.55. The molecule has 3 rings (SSSR count). The summed E-state index contributed by atoms with van der Waals surface area (Å²) in [4.78, 5) is 24.6. The van der Waals surface area contributed by atoms with Crippen LogP contribution >= 0.6 is 0 Å². The fourth-order valence-corrected chi connectivity index (χ4v) is 2.81. The largest absolute Gasteiger partial charge is 0.497 e. The van der Waals surface area contributed by atoms with Gasteiger partial charge in [0.1, 0.15) is 5.75 Å². The monoisotopic (exact) mass is 390 g/mol. The number of hydrogen-bond donors (Lipinski definition) is 2. The minimum atomic E-state index is -0.324. The molecule has 2 N–H and O–H groups in total. The van der Waals surface area contributed by atoms with E-state index in [-0.39, 0.29) is 11.8 Å². The Labute approximate surface area is 169 Å². The molecule has 0 aliphatic rings. The van der Waals surface area contributed by atoms with Crippen LogP contribution in [-0.2, 0) is 0 Å². The zero-order valence-electron chi connectivity index (χ0n) is 16.5. The van der Waals surface area contributed by atoms with Crippen LogP contribution in [0, 0.1) is 13.8 Å². The smallest absolute Gasteiger partial charge is 0.271 e. The Hall–Kier alpha value is -3.87. The van der Waals surface area contributed by atoms with Gasteiger partial charge < -0.3 is 4.74 Å². The summed E-state index contributed by atoms with van der Waals surface area (Å²) in [6, 6.07) is 17.6. The van der Waals surface area contributed by atoms with Crippen molar-refractivity contribution < 1.29 is 14.3 Å². The SMILES string of the molecule is COc1ccc(C(=O)N/N=C\c2cc(C)n(NC(=O)c3ccccc3)c2C)cc1. The first-order valence-corrected chi connectivity index (χ1v) is 9.02. The molecular weight excluding hydrogens is 368 g/mol. The number of carbonyl (C=O) groups is 2. The van der Waals surface area contributed by atoms with Gasteiger partial charge in [-0.3, -0.25) is 19.7 Å². The van der Waals surface area contributed by atoms with E-state index in [4.69, 9.17) is 4.74 Å². The standard InChI is InChI=1S/C22H22N4O3/c1-15-13-19(14-23-24-21(27)18-9-11-20(29-3)12-10-18)16(2)26(15)25-22(28)17-7-5-4-6-8-17/h4-14H,1-3H3,(H,24,27)(H,25,28)/b23-14-. The van der Waals surface area contributed by atoms with Crippen LogP contribution in [0.4, 0.5) is 0 Å². The molecule has 1 heterocycles. The number of nitrogens with zero attached hydrogens (tertiary/aromatic N) is 2. The zero-order chi connectivity index (χ0) is 20.8. The van der Waals surface area contributed by atoms with Gasteiger partial charge in [0.2, 0.25) is 0 Å². The van der Waals surface area contributed by atoms with Crippen LogP contribution in [-0.4, -0.2) is 29.8 Å². The first-order valence-electron chi connectivity index (χ1n) is 9.02. The highest BCUT2D eigenvalue weighted by Gasteiger charge is 2.12. The van der Waals surface area contributed by atoms with Crippen LogP contribution in [0.2, 0.25) is 0 Å². The fraction of sp³-hybridized carbons (Fsp3) is 0.136. The number of amides is 2. The van der Waals surface area contributed by atoms with Crippen LogP contribution in [0.5, 0.6) is 5.75 Å². The van der Waals surface area contributed by atoms with Gasteiger partial charge in [-0.2, -0.15) is 5.10 Å². The van der Waals surface area contributed by atoms with E-state index in [1.54, 1.807) is 54.4 Å². The quantitative estimate of drug-likeness (QED) is 0.500. The maximum atomic E-state index is 12.4. The molecule has 0 atom stereocenters. The lowest BCUT2D eigenvalue weighted by atomic mass is 10.2. The van der Waals surface area contributed by atoms with Crippen LogP contribution in [0.1, 0.15) is 37.7 Å². The van der Waals surface area contributed by atoms with Gasteiger partial charge >= 0.3 is 0 Å². The van der Waals surface area contributed by atoms with Crippen molar-refractivity contribution in [3.63, 3.8) is 0 Å². The summed E-state index contributed by atoms with van der Waals surface area (Å²) in [5.74, 6) is 0.147. The number of carbonyl (C=O) groups excluding carboxylic acids is 2. The molecule has 0 saturated heterocycles. The summed E-state index contributed by atoms with van der Waals surface area (Å²) in [7, 11) is 1.57. The second-order valence-electron chi connectivity index (χ2n) is 6.40. The van der Waals surface area contributed by atoms with Gasteiger partial charge in [0.05, 0.1) is 13.3 Å².